The number of aromatic carboxylic acids is 2. The molecule has 0 aromatic carbocycles. The Morgan fingerprint density at radius 3 is 1.30 bits per heavy atom. The van der Waals surface area contributed by atoms with E-state index in [4.69, 9.17) is 84.5 Å². The smallest absolute Gasteiger partial charge is 0.413 e. The van der Waals surface area contributed by atoms with Gasteiger partial charge < -0.3 is 66.4 Å². The lowest BCUT2D eigenvalue weighted by molar-refractivity contribution is 0.0674. The summed E-state index contributed by atoms with van der Waals surface area (Å²) in [7, 11) is 0.192. The summed E-state index contributed by atoms with van der Waals surface area (Å²) in [6, 6.07) is 22.0. The standard InChI is InChI=1S/C19H21ClFN7O5S.C12H15N5O5S.C8H11BrN2O3S.C7H9BrN2O.C7H7ClFNO.C6H7BrN2O.C6H8N2O.C4H4BrN3O2/c1-10(12-7-11(21)8-22-17(12)20)33-19(29)24-18-16(25-27-28(18)2)14-6-5-13(26-34(4,30)31)15(23-14)9-32-3;1-17-11(12(18)19)10(14-16-17)8-5-4-7(15-23(3,20)21)9(13-8)6-22-2;1-14-5-7-6(11-15(2,12)13)3-4-8(9)10-7;1-11-4-6-5(9)2-3-7(8)10-6;1-4(11)6-2-5(9)3-10-7(6)8;7-6-2-1-4(8)5(3-10)9-6;7-5-2-1-3-8-6(5)4-9;1-8-2(4(9)10)3(5)6-7-8/h5-8,10,26H,9H2,1-4H3,(H,24,29);4-5,15H,6H2,1-3H3,(H,18,19);3-4,11H,5H2,1-2H3;2-3H,4,9H2,1H3;2-4,11H,1H3;1-2,10H,3,8H2;1-3,9H,4,7H2;1H3,(H,9,10)/t10-;;;;4-;;;/m1...1.../s1. The maximum atomic E-state index is 13.5. The number of nitrogens with one attached hydrogen (secondary N) is 4. The quantitative estimate of drug-likeness (QED) is 0.0251. The molecule has 1 amide bonds. The topological polar surface area (TPSA) is 622 Å². The summed E-state index contributed by atoms with van der Waals surface area (Å²) in [6.07, 6.45) is 4.10. The number of anilines is 7. The van der Waals surface area contributed by atoms with E-state index in [-0.39, 0.29) is 99.2 Å². The highest BCUT2D eigenvalue weighted by atomic mass is 79.9. The molecule has 11 aromatic rings. The summed E-state index contributed by atoms with van der Waals surface area (Å²) < 4.78 is 132. The molecule has 0 saturated heterocycles. The minimum absolute atomic E-state index is 0.00209. The third kappa shape index (κ3) is 35.7. The molecule has 54 heteroatoms. The van der Waals surface area contributed by atoms with Crippen LogP contribution in [0.1, 0.15) is 92.3 Å². The van der Waals surface area contributed by atoms with E-state index in [1.54, 1.807) is 68.9 Å². The zero-order chi connectivity index (χ0) is 92.4. The molecule has 11 rings (SSSR count). The van der Waals surface area contributed by atoms with Crippen LogP contribution < -0.4 is 36.7 Å². The van der Waals surface area contributed by atoms with Gasteiger partial charge in [-0.05, 0) is 162 Å². The number of nitrogen functional groups attached to an aromatic ring is 3. The number of carboxylic acids is 2. The molecule has 0 bridgehead atoms. The van der Waals surface area contributed by atoms with E-state index in [0.29, 0.717) is 78.3 Å². The predicted octanol–water partition coefficient (Wildman–Crippen LogP) is 9.20. The van der Waals surface area contributed by atoms with E-state index in [1.165, 1.54) is 89.0 Å². The van der Waals surface area contributed by atoms with Crippen molar-refractivity contribution in [2.45, 2.75) is 65.7 Å². The third-order valence-electron chi connectivity index (χ3n) is 14.5. The highest BCUT2D eigenvalue weighted by molar-refractivity contribution is 9.11. The van der Waals surface area contributed by atoms with E-state index in [9.17, 15) is 53.5 Å². The van der Waals surface area contributed by atoms with Crippen molar-refractivity contribution in [3.8, 4) is 22.8 Å². The number of hydrogen-bond donors (Lipinski definition) is 12. The van der Waals surface area contributed by atoms with Gasteiger partial charge in [0.15, 0.2) is 27.5 Å². The second kappa shape index (κ2) is 50.4. The first-order valence-corrected chi connectivity index (χ1v) is 43.7. The van der Waals surface area contributed by atoms with E-state index < -0.39 is 71.9 Å². The van der Waals surface area contributed by atoms with Gasteiger partial charge in [-0.2, -0.15) is 0 Å². The number of aryl methyl sites for hydroxylation is 3. The number of carbonyl (C=O) groups is 3. The van der Waals surface area contributed by atoms with Crippen LogP contribution in [0, 0.1) is 11.6 Å². The van der Waals surface area contributed by atoms with Gasteiger partial charge in [0.25, 0.3) is 0 Å². The first kappa shape index (κ1) is 105. The normalized spacial score (nSPS) is 11.3. The van der Waals surface area contributed by atoms with Crippen LogP contribution in [0.3, 0.4) is 0 Å². The Morgan fingerprint density at radius 1 is 0.512 bits per heavy atom. The van der Waals surface area contributed by atoms with Crippen LogP contribution in [0.2, 0.25) is 10.3 Å². The number of nitrogens with two attached hydrogens (primary N) is 3. The fourth-order valence-electron chi connectivity index (χ4n) is 9.09. The highest BCUT2D eigenvalue weighted by Crippen LogP contribution is 2.31. The number of pyridine rings is 8. The fourth-order valence-corrected chi connectivity index (χ4v) is 12.9. The zero-order valence-electron chi connectivity index (χ0n) is 66.7. The van der Waals surface area contributed by atoms with Gasteiger partial charge in [-0.15, -0.1) is 15.3 Å². The maximum absolute atomic E-state index is 13.5. The molecule has 2 atom stereocenters. The Morgan fingerprint density at radius 2 is 0.894 bits per heavy atom. The maximum Gasteiger partial charge on any atom is 0.413 e. The van der Waals surface area contributed by atoms with Crippen molar-refractivity contribution in [3.63, 3.8) is 0 Å². The number of ether oxygens (including phenoxy) is 5. The first-order valence-electron chi connectivity index (χ1n) is 34.1. The number of hydrogen-bond acceptors (Lipinski definition) is 34. The Bertz CT molecular complexity index is 5750. The molecule has 15 N–H and O–H groups in total. The molecule has 0 fully saturated rings. The molecule has 0 aliphatic carbocycles. The number of carbonyl (C=O) groups excluding carboxylic acids is 1. The summed E-state index contributed by atoms with van der Waals surface area (Å²) in [6.45, 7) is 3.55. The molecule has 0 spiro atoms. The number of amides is 1. The van der Waals surface area contributed by atoms with Crippen molar-refractivity contribution in [3.05, 3.63) is 201 Å². The molecular weight excluding hydrogens is 1990 g/mol. The largest absolute Gasteiger partial charge is 0.476 e. The Hall–Kier alpha value is -10.4. The molecule has 43 nitrogen and oxygen atoms in total. The monoisotopic (exact) mass is 2070 g/mol. The minimum atomic E-state index is -3.54. The summed E-state index contributed by atoms with van der Waals surface area (Å²) in [4.78, 5) is 66.1. The number of nitrogens with zero attached hydrogens (tertiary/aromatic N) is 17. The Balaban J connectivity index is 0.000000311. The minimum Gasteiger partial charge on any atom is -0.476 e. The van der Waals surface area contributed by atoms with E-state index in [1.807, 2.05) is 0 Å². The molecule has 0 saturated carbocycles. The van der Waals surface area contributed by atoms with Crippen LogP contribution >= 0.6 is 86.9 Å². The molecule has 0 radical (unpaired) electrons. The van der Waals surface area contributed by atoms with E-state index in [0.717, 1.165) is 52.2 Å². The third-order valence-corrected chi connectivity index (χ3v) is 18.7. The van der Waals surface area contributed by atoms with Gasteiger partial charge in [0.1, 0.15) is 47.5 Å². The lowest BCUT2D eigenvalue weighted by Gasteiger charge is -2.15. The molecule has 123 heavy (non-hydrogen) atoms. The number of methoxy groups -OCH3 is 4. The second-order valence-electron chi connectivity index (χ2n) is 24.3. The average molecular weight is 2080 g/mol. The Kier molecular flexibility index (Phi) is 42.9. The summed E-state index contributed by atoms with van der Waals surface area (Å²) in [5.74, 6) is -3.20. The van der Waals surface area contributed by atoms with Crippen molar-refractivity contribution >= 4 is 175 Å². The van der Waals surface area contributed by atoms with Crippen LogP contribution in [0.25, 0.3) is 22.8 Å². The van der Waals surface area contributed by atoms with Gasteiger partial charge in [-0.3, -0.25) is 24.5 Å². The number of sulfonamides is 3. The SMILES string of the molecule is COCc1nc(-c2nnn(C)c2C(=O)O)ccc1NS(C)(=O)=O.COCc1nc(-c2nnn(C)c2NC(=O)O[C@H](C)c2cc(F)cnc2Cl)ccc1NS(C)(=O)=O.COCc1nc(Br)ccc1N.COCc1nc(Br)ccc1NS(C)(=O)=O.C[C@@H](O)c1cc(F)cnc1Cl.Cn1nnc(Br)c1C(=O)O.Nc1ccc(Br)nc1CO.Nc1cccnc1CO. The lowest BCUT2D eigenvalue weighted by Crippen LogP contribution is -2.19. The second-order valence-corrected chi connectivity index (χ2v) is 33.4. The van der Waals surface area contributed by atoms with Crippen molar-refractivity contribution < 1.29 is 97.6 Å². The van der Waals surface area contributed by atoms with Crippen LogP contribution in [-0.4, -0.2) is 201 Å². The summed E-state index contributed by atoms with van der Waals surface area (Å²) in [5, 5.41) is 69.1. The van der Waals surface area contributed by atoms with E-state index >= 15 is 0 Å². The molecule has 0 aliphatic heterocycles. The predicted molar refractivity (Wildman–Crippen MR) is 462 cm³/mol. The number of carboxylic acid groups (broad SMARTS) is 2. The lowest BCUT2D eigenvalue weighted by atomic mass is 10.2. The van der Waals surface area contributed by atoms with Crippen LogP contribution in [0.4, 0.5) is 53.5 Å². The molecule has 11 heterocycles. The molecule has 666 valence electrons. The number of aliphatic hydroxyl groups is 3. The van der Waals surface area contributed by atoms with Gasteiger partial charge in [-0.25, -0.2) is 97.4 Å². The number of aliphatic hydroxyl groups excluding tert-OH is 3. The van der Waals surface area contributed by atoms with Crippen LogP contribution in [0.15, 0.2) is 122 Å². The number of halogens is 8. The molecule has 0 unspecified atom stereocenters. The van der Waals surface area contributed by atoms with Gasteiger partial charge in [0.2, 0.25) is 30.1 Å². The van der Waals surface area contributed by atoms with Crippen LogP contribution in [-0.2, 0) is 115 Å². The average Bonchev–Trinajstić information content (AvgIpc) is 1.70. The summed E-state index contributed by atoms with van der Waals surface area (Å²) in [5.41, 5.74) is 23.3. The van der Waals surface area contributed by atoms with Crippen molar-refractivity contribution in [2.75, 3.05) is 83.9 Å². The summed E-state index contributed by atoms with van der Waals surface area (Å²) >= 11 is 24.1. The zero-order valence-corrected chi connectivity index (χ0v) is 77.1. The molecular formula is C69H82Br4Cl2F2N24O19S3. The first-order chi connectivity index (χ1) is 57.7. The van der Waals surface area contributed by atoms with Gasteiger partial charge >= 0.3 is 18.0 Å². The number of rotatable bonds is 24. The number of aromatic nitrogens is 17. The van der Waals surface area contributed by atoms with Crippen molar-refractivity contribution in [1.82, 2.24) is 84.9 Å². The van der Waals surface area contributed by atoms with Gasteiger partial charge in [0, 0.05) is 66.9 Å². The molecule has 0 aliphatic rings. The van der Waals surface area contributed by atoms with E-state index in [2.05, 4.69) is 154 Å². The van der Waals surface area contributed by atoms with Crippen LogP contribution in [0.5, 0.6) is 0 Å². The molecule has 11 aromatic heterocycles. The fraction of sp³-hybridized carbons (Fsp3) is 0.290. The Labute approximate surface area is 746 Å². The van der Waals surface area contributed by atoms with Crippen molar-refractivity contribution in [2.24, 2.45) is 21.1 Å². The van der Waals surface area contributed by atoms with Crippen molar-refractivity contribution in [1.29, 1.82) is 0 Å². The van der Waals surface area contributed by atoms with Gasteiger partial charge in [0.05, 0.1) is 157 Å². The van der Waals surface area contributed by atoms with Gasteiger partial charge in [-0.1, -0.05) is 38.8 Å². The highest BCUT2D eigenvalue weighted by Gasteiger charge is 2.25.